The Morgan fingerprint density at radius 1 is 1.21 bits per heavy atom. The van der Waals surface area contributed by atoms with Crippen molar-refractivity contribution in [3.63, 3.8) is 0 Å². The lowest BCUT2D eigenvalue weighted by atomic mass is 10.1. The molecular weight excluding hydrogens is 304 g/mol. The molecule has 1 aromatic carbocycles. The number of sulfonamides is 1. The number of aryl methyl sites for hydroxylation is 1. The summed E-state index contributed by atoms with van der Waals surface area (Å²) in [6.07, 6.45) is 0. The van der Waals surface area contributed by atoms with E-state index in [9.17, 15) is 8.42 Å². The van der Waals surface area contributed by atoms with Crippen LogP contribution in [-0.2, 0) is 10.0 Å². The fourth-order valence-corrected chi connectivity index (χ4v) is 4.23. The predicted octanol–water partition coefficient (Wildman–Crippen LogP) is 3.40. The maximum absolute atomic E-state index is 12.2. The van der Waals surface area contributed by atoms with Crippen LogP contribution in [0.25, 0.3) is 0 Å². The largest absolute Gasteiger partial charge is 0.397 e. The molecule has 3 N–H and O–H groups in total. The lowest BCUT2D eigenvalue weighted by Crippen LogP contribution is -2.14. The molecule has 0 aliphatic rings. The molecule has 0 atom stereocenters. The first-order valence-corrected chi connectivity index (χ1v) is 8.13. The van der Waals surface area contributed by atoms with Crippen molar-refractivity contribution in [2.45, 2.75) is 18.1 Å². The van der Waals surface area contributed by atoms with Crippen LogP contribution < -0.4 is 10.5 Å². The van der Waals surface area contributed by atoms with Gasteiger partial charge in [0.15, 0.2) is 0 Å². The minimum Gasteiger partial charge on any atom is -0.397 e. The Hall–Kier alpha value is -1.24. The average molecular weight is 317 g/mol. The minimum atomic E-state index is -3.65. The van der Waals surface area contributed by atoms with Gasteiger partial charge < -0.3 is 5.73 Å². The summed E-state index contributed by atoms with van der Waals surface area (Å²) in [4.78, 5) is 0. The van der Waals surface area contributed by atoms with E-state index < -0.39 is 10.0 Å². The molecule has 1 aromatic heterocycles. The van der Waals surface area contributed by atoms with E-state index in [2.05, 4.69) is 4.72 Å². The van der Waals surface area contributed by atoms with Gasteiger partial charge in [0.05, 0.1) is 15.7 Å². The Labute approximate surface area is 121 Å². The number of anilines is 2. The van der Waals surface area contributed by atoms with Crippen LogP contribution in [0.1, 0.15) is 11.1 Å². The van der Waals surface area contributed by atoms with Gasteiger partial charge >= 0.3 is 0 Å². The zero-order valence-corrected chi connectivity index (χ0v) is 12.8. The molecule has 0 spiro atoms. The van der Waals surface area contributed by atoms with Gasteiger partial charge in [0.25, 0.3) is 10.0 Å². The lowest BCUT2D eigenvalue weighted by Gasteiger charge is -2.13. The Morgan fingerprint density at radius 2 is 1.89 bits per heavy atom. The number of hydrogen-bond acceptors (Lipinski definition) is 4. The fraction of sp³-hybridized carbons (Fsp3) is 0.167. The monoisotopic (exact) mass is 316 g/mol. The summed E-state index contributed by atoms with van der Waals surface area (Å²) in [7, 11) is -3.65. The van der Waals surface area contributed by atoms with E-state index in [-0.39, 0.29) is 4.21 Å². The van der Waals surface area contributed by atoms with Crippen LogP contribution in [0.4, 0.5) is 11.4 Å². The van der Waals surface area contributed by atoms with Crippen LogP contribution in [0.2, 0.25) is 4.34 Å². The van der Waals surface area contributed by atoms with Gasteiger partial charge in [-0.3, -0.25) is 4.72 Å². The summed E-state index contributed by atoms with van der Waals surface area (Å²) in [5.41, 5.74) is 8.43. The van der Waals surface area contributed by atoms with Gasteiger partial charge in [0.2, 0.25) is 0 Å². The fourth-order valence-electron chi connectivity index (χ4n) is 1.60. The second-order valence-electron chi connectivity index (χ2n) is 4.14. The van der Waals surface area contributed by atoms with Gasteiger partial charge in [0.1, 0.15) is 4.21 Å². The smallest absolute Gasteiger partial charge is 0.271 e. The number of hydrogen-bond donors (Lipinski definition) is 2. The summed E-state index contributed by atoms with van der Waals surface area (Å²) >= 11 is 6.76. The van der Waals surface area contributed by atoms with Crippen LogP contribution in [-0.4, -0.2) is 8.42 Å². The van der Waals surface area contributed by atoms with E-state index in [1.54, 1.807) is 12.1 Å². The highest BCUT2D eigenvalue weighted by atomic mass is 35.5. The maximum Gasteiger partial charge on any atom is 0.271 e. The van der Waals surface area contributed by atoms with E-state index >= 15 is 0 Å². The second kappa shape index (κ2) is 5.03. The molecule has 0 aliphatic carbocycles. The van der Waals surface area contributed by atoms with Crippen molar-refractivity contribution in [3.05, 3.63) is 39.7 Å². The third kappa shape index (κ3) is 2.86. The van der Waals surface area contributed by atoms with E-state index in [0.717, 1.165) is 22.5 Å². The average Bonchev–Trinajstić information content (AvgIpc) is 2.77. The Bertz CT molecular complexity index is 723. The zero-order chi connectivity index (χ0) is 14.2. The Balaban J connectivity index is 2.44. The molecule has 19 heavy (non-hydrogen) atoms. The number of nitrogens with two attached hydrogens (primary N) is 1. The van der Waals surface area contributed by atoms with Gasteiger partial charge in [-0.15, -0.1) is 11.3 Å². The number of nitrogens with one attached hydrogen (secondary N) is 1. The molecule has 0 radical (unpaired) electrons. The van der Waals surface area contributed by atoms with Gasteiger partial charge in [0, 0.05) is 0 Å². The van der Waals surface area contributed by atoms with Gasteiger partial charge in [-0.05, 0) is 43.2 Å². The summed E-state index contributed by atoms with van der Waals surface area (Å²) in [5.74, 6) is 0. The number of rotatable bonds is 3. The highest BCUT2D eigenvalue weighted by Crippen LogP contribution is 2.31. The van der Waals surface area contributed by atoms with Crippen molar-refractivity contribution < 1.29 is 8.42 Å². The molecule has 2 aromatic rings. The quantitative estimate of drug-likeness (QED) is 0.852. The highest BCUT2D eigenvalue weighted by Gasteiger charge is 2.19. The van der Waals surface area contributed by atoms with Crippen LogP contribution in [0.3, 0.4) is 0 Å². The third-order valence-corrected chi connectivity index (χ3v) is 5.89. The van der Waals surface area contributed by atoms with Gasteiger partial charge in [-0.25, -0.2) is 8.42 Å². The molecule has 0 aliphatic heterocycles. The van der Waals surface area contributed by atoms with Crippen LogP contribution in [0.5, 0.6) is 0 Å². The molecule has 1 heterocycles. The first-order valence-electron chi connectivity index (χ1n) is 5.45. The van der Waals surface area contributed by atoms with Crippen molar-refractivity contribution in [2.75, 3.05) is 10.5 Å². The SMILES string of the molecule is Cc1ccc(N)c(NS(=O)(=O)c2ccc(Cl)s2)c1C. The second-order valence-corrected chi connectivity index (χ2v) is 7.76. The molecule has 4 nitrogen and oxygen atoms in total. The lowest BCUT2D eigenvalue weighted by molar-refractivity contribution is 0.603. The van der Waals surface area contributed by atoms with Gasteiger partial charge in [-0.2, -0.15) is 0 Å². The standard InChI is InChI=1S/C12H13ClN2O2S2/c1-7-3-4-9(14)12(8(7)2)15-19(16,17)11-6-5-10(13)18-11/h3-6,15H,14H2,1-2H3. The van der Waals surface area contributed by atoms with Crippen molar-refractivity contribution in [3.8, 4) is 0 Å². The Morgan fingerprint density at radius 3 is 2.47 bits per heavy atom. The number of benzene rings is 1. The molecule has 0 unspecified atom stereocenters. The molecule has 0 fully saturated rings. The highest BCUT2D eigenvalue weighted by molar-refractivity contribution is 7.94. The topological polar surface area (TPSA) is 72.2 Å². The van der Waals surface area contributed by atoms with E-state index in [4.69, 9.17) is 17.3 Å². The molecule has 0 amide bonds. The van der Waals surface area contributed by atoms with Crippen molar-refractivity contribution in [1.82, 2.24) is 0 Å². The number of thiophene rings is 1. The third-order valence-electron chi connectivity index (χ3n) is 2.82. The van der Waals surface area contributed by atoms with Crippen LogP contribution in [0.15, 0.2) is 28.5 Å². The zero-order valence-electron chi connectivity index (χ0n) is 10.4. The summed E-state index contributed by atoms with van der Waals surface area (Å²) in [6.45, 7) is 3.72. The van der Waals surface area contributed by atoms with Crippen LogP contribution in [0, 0.1) is 13.8 Å². The molecule has 0 saturated carbocycles. The molecule has 0 saturated heterocycles. The summed E-state index contributed by atoms with van der Waals surface area (Å²) in [5, 5.41) is 0. The van der Waals surface area contributed by atoms with E-state index in [0.29, 0.717) is 15.7 Å². The minimum absolute atomic E-state index is 0.165. The number of halogens is 1. The van der Waals surface area contributed by atoms with Crippen molar-refractivity contribution >= 4 is 44.3 Å². The molecule has 0 bridgehead atoms. The first-order chi connectivity index (χ1) is 8.81. The predicted molar refractivity (Wildman–Crippen MR) is 80.5 cm³/mol. The first kappa shape index (κ1) is 14.2. The van der Waals surface area contributed by atoms with Crippen LogP contribution >= 0.6 is 22.9 Å². The summed E-state index contributed by atoms with van der Waals surface area (Å²) in [6, 6.07) is 6.55. The number of nitrogen functional groups attached to an aromatic ring is 1. The normalized spacial score (nSPS) is 11.5. The van der Waals surface area contributed by atoms with E-state index in [1.165, 1.54) is 6.07 Å². The molecular formula is C12H13ClN2O2S2. The maximum atomic E-state index is 12.2. The molecule has 102 valence electrons. The molecule has 2 rings (SSSR count). The molecule has 7 heteroatoms. The van der Waals surface area contributed by atoms with E-state index in [1.807, 2.05) is 19.9 Å². The van der Waals surface area contributed by atoms with Gasteiger partial charge in [-0.1, -0.05) is 17.7 Å². The van der Waals surface area contributed by atoms with Crippen molar-refractivity contribution in [2.24, 2.45) is 0 Å². The van der Waals surface area contributed by atoms with Crippen molar-refractivity contribution in [1.29, 1.82) is 0 Å². The summed E-state index contributed by atoms with van der Waals surface area (Å²) < 4.78 is 27.5. The Kier molecular flexibility index (Phi) is 3.75.